The topological polar surface area (TPSA) is 65.5 Å². The molecular formula is C20H27FN4O2S. The van der Waals surface area contributed by atoms with Crippen LogP contribution in [0.5, 0.6) is 0 Å². The monoisotopic (exact) mass is 406 g/mol. The first kappa shape index (κ1) is 20.7. The van der Waals surface area contributed by atoms with Crippen LogP contribution in [0.4, 0.5) is 10.2 Å². The summed E-state index contributed by atoms with van der Waals surface area (Å²) in [6.45, 7) is 6.99. The van der Waals surface area contributed by atoms with Gasteiger partial charge >= 0.3 is 0 Å². The Morgan fingerprint density at radius 1 is 1.14 bits per heavy atom. The van der Waals surface area contributed by atoms with E-state index >= 15 is 0 Å². The number of piperazine rings is 1. The molecule has 1 saturated heterocycles. The molecule has 0 bridgehead atoms. The normalized spacial score (nSPS) is 16.9. The Kier molecular flexibility index (Phi) is 6.02. The molecule has 2 heterocycles. The highest BCUT2D eigenvalue weighted by atomic mass is 32.2. The molecule has 1 aliphatic heterocycles. The van der Waals surface area contributed by atoms with Crippen molar-refractivity contribution in [3.8, 4) is 0 Å². The number of rotatable bonds is 6. The van der Waals surface area contributed by atoms with Crippen molar-refractivity contribution >= 4 is 15.8 Å². The largest absolute Gasteiger partial charge is 0.369 e. The first-order valence-corrected chi connectivity index (χ1v) is 10.8. The molecular weight excluding hydrogens is 379 g/mol. The van der Waals surface area contributed by atoms with E-state index in [1.54, 1.807) is 18.2 Å². The van der Waals surface area contributed by atoms with E-state index in [9.17, 15) is 12.8 Å². The molecule has 2 aromatic rings. The van der Waals surface area contributed by atoms with Gasteiger partial charge in [0.05, 0.1) is 0 Å². The first-order valence-electron chi connectivity index (χ1n) is 9.33. The summed E-state index contributed by atoms with van der Waals surface area (Å²) in [6, 6.07) is 9.80. The summed E-state index contributed by atoms with van der Waals surface area (Å²) in [6.07, 6.45) is 1.39. The molecule has 0 spiro atoms. The third kappa shape index (κ3) is 4.68. The molecule has 8 heteroatoms. The summed E-state index contributed by atoms with van der Waals surface area (Å²) >= 11 is 0. The van der Waals surface area contributed by atoms with Gasteiger partial charge in [-0.25, -0.2) is 17.8 Å². The van der Waals surface area contributed by atoms with Crippen molar-refractivity contribution in [1.29, 1.82) is 0 Å². The fourth-order valence-corrected chi connectivity index (χ4v) is 4.51. The highest BCUT2D eigenvalue weighted by molar-refractivity contribution is 7.89. The van der Waals surface area contributed by atoms with Crippen LogP contribution in [0.25, 0.3) is 0 Å². The maximum Gasteiger partial charge on any atom is 0.244 e. The zero-order valence-electron chi connectivity index (χ0n) is 16.5. The second-order valence-electron chi connectivity index (χ2n) is 7.83. The van der Waals surface area contributed by atoms with E-state index in [4.69, 9.17) is 0 Å². The molecule has 0 amide bonds. The van der Waals surface area contributed by atoms with Crippen LogP contribution in [-0.4, -0.2) is 62.4 Å². The number of likely N-dealkylation sites (N-methyl/N-ethyl adjacent to an activating group) is 1. The highest BCUT2D eigenvalue weighted by Crippen LogP contribution is 2.24. The molecule has 0 saturated carbocycles. The molecule has 1 aliphatic rings. The SMILES string of the molecule is CN1CCN(S(=O)(=O)c2ccc(NCC(C)(C)c3cccc(F)c3)nc2)CC1. The van der Waals surface area contributed by atoms with Gasteiger partial charge in [0.25, 0.3) is 0 Å². The zero-order chi connectivity index (χ0) is 20.4. The van der Waals surface area contributed by atoms with Crippen LogP contribution in [-0.2, 0) is 15.4 Å². The van der Waals surface area contributed by atoms with Crippen LogP contribution >= 0.6 is 0 Å². The smallest absolute Gasteiger partial charge is 0.244 e. The Hall–Kier alpha value is -2.03. The molecule has 0 aliphatic carbocycles. The van der Waals surface area contributed by atoms with Crippen molar-refractivity contribution in [2.45, 2.75) is 24.2 Å². The summed E-state index contributed by atoms with van der Waals surface area (Å²) in [5.74, 6) is 0.323. The molecule has 152 valence electrons. The molecule has 0 unspecified atom stereocenters. The Bertz CT molecular complexity index is 908. The lowest BCUT2D eigenvalue weighted by Gasteiger charge is -2.31. The van der Waals surface area contributed by atoms with E-state index in [1.165, 1.54) is 22.6 Å². The van der Waals surface area contributed by atoms with Gasteiger partial charge in [0.2, 0.25) is 10.0 Å². The first-order chi connectivity index (χ1) is 13.2. The summed E-state index contributed by atoms with van der Waals surface area (Å²) in [5, 5.41) is 3.22. The van der Waals surface area contributed by atoms with E-state index in [-0.39, 0.29) is 16.1 Å². The number of benzene rings is 1. The lowest BCUT2D eigenvalue weighted by atomic mass is 9.84. The molecule has 1 aromatic carbocycles. The van der Waals surface area contributed by atoms with Gasteiger partial charge in [0, 0.05) is 44.3 Å². The molecule has 3 rings (SSSR count). The van der Waals surface area contributed by atoms with Gasteiger partial charge in [-0.1, -0.05) is 26.0 Å². The van der Waals surface area contributed by atoms with Gasteiger partial charge in [-0.05, 0) is 36.9 Å². The fraction of sp³-hybridized carbons (Fsp3) is 0.450. The number of hydrogen-bond donors (Lipinski definition) is 1. The Morgan fingerprint density at radius 2 is 1.86 bits per heavy atom. The predicted molar refractivity (Wildman–Crippen MR) is 108 cm³/mol. The Balaban J connectivity index is 1.66. The summed E-state index contributed by atoms with van der Waals surface area (Å²) in [4.78, 5) is 6.58. The lowest BCUT2D eigenvalue weighted by Crippen LogP contribution is -2.47. The number of pyridine rings is 1. The lowest BCUT2D eigenvalue weighted by molar-refractivity contribution is 0.222. The minimum Gasteiger partial charge on any atom is -0.369 e. The average Bonchev–Trinajstić information content (AvgIpc) is 2.67. The maximum atomic E-state index is 13.5. The molecule has 6 nitrogen and oxygen atoms in total. The second-order valence-corrected chi connectivity index (χ2v) is 9.77. The number of halogens is 1. The molecule has 1 aromatic heterocycles. The summed E-state index contributed by atoms with van der Waals surface area (Å²) in [7, 11) is -1.54. The van der Waals surface area contributed by atoms with E-state index in [0.717, 1.165) is 18.7 Å². The van der Waals surface area contributed by atoms with Crippen molar-refractivity contribution in [3.63, 3.8) is 0 Å². The van der Waals surface area contributed by atoms with E-state index in [1.807, 2.05) is 27.0 Å². The van der Waals surface area contributed by atoms with Gasteiger partial charge in [0.1, 0.15) is 16.5 Å². The molecule has 1 N–H and O–H groups in total. The molecule has 28 heavy (non-hydrogen) atoms. The van der Waals surface area contributed by atoms with Gasteiger partial charge in [-0.2, -0.15) is 4.31 Å². The standard InChI is InChI=1S/C20H27FN4O2S/c1-20(2,16-5-4-6-17(21)13-16)15-23-19-8-7-18(14-22-19)28(26,27)25-11-9-24(3)10-12-25/h4-8,13-14H,9-12,15H2,1-3H3,(H,22,23). The molecule has 0 radical (unpaired) electrons. The highest BCUT2D eigenvalue weighted by Gasteiger charge is 2.28. The summed E-state index contributed by atoms with van der Waals surface area (Å²) in [5.41, 5.74) is 0.572. The number of nitrogens with one attached hydrogen (secondary N) is 1. The van der Waals surface area contributed by atoms with Crippen LogP contribution in [0.15, 0.2) is 47.5 Å². The third-order valence-electron chi connectivity index (χ3n) is 5.15. The number of hydrogen-bond acceptors (Lipinski definition) is 5. The zero-order valence-corrected chi connectivity index (χ0v) is 17.3. The third-order valence-corrected chi connectivity index (χ3v) is 7.04. The minimum atomic E-state index is -3.52. The molecule has 1 fully saturated rings. The van der Waals surface area contributed by atoms with Gasteiger partial charge in [-0.15, -0.1) is 0 Å². The minimum absolute atomic E-state index is 0.201. The van der Waals surface area contributed by atoms with E-state index in [0.29, 0.717) is 25.5 Å². The van der Waals surface area contributed by atoms with Crippen LogP contribution in [0, 0.1) is 5.82 Å². The van der Waals surface area contributed by atoms with E-state index < -0.39 is 10.0 Å². The predicted octanol–water partition coefficient (Wildman–Crippen LogP) is 2.55. The van der Waals surface area contributed by atoms with E-state index in [2.05, 4.69) is 15.2 Å². The summed E-state index contributed by atoms with van der Waals surface area (Å²) < 4.78 is 40.5. The van der Waals surface area contributed by atoms with Gasteiger partial charge < -0.3 is 10.2 Å². The van der Waals surface area contributed by atoms with Crippen molar-refractivity contribution < 1.29 is 12.8 Å². The molecule has 0 atom stereocenters. The number of anilines is 1. The fourth-order valence-electron chi connectivity index (χ4n) is 3.14. The van der Waals surface area contributed by atoms with Crippen molar-refractivity contribution in [2.75, 3.05) is 45.1 Å². The Morgan fingerprint density at radius 3 is 2.46 bits per heavy atom. The van der Waals surface area contributed by atoms with Crippen LogP contribution < -0.4 is 5.32 Å². The van der Waals surface area contributed by atoms with Crippen LogP contribution in [0.3, 0.4) is 0 Å². The van der Waals surface area contributed by atoms with Gasteiger partial charge in [0.15, 0.2) is 0 Å². The average molecular weight is 407 g/mol. The van der Waals surface area contributed by atoms with Crippen LogP contribution in [0.1, 0.15) is 19.4 Å². The number of sulfonamides is 1. The number of nitrogens with zero attached hydrogens (tertiary/aromatic N) is 3. The van der Waals surface area contributed by atoms with Gasteiger partial charge in [-0.3, -0.25) is 0 Å². The number of aromatic nitrogens is 1. The van der Waals surface area contributed by atoms with Crippen molar-refractivity contribution in [1.82, 2.24) is 14.2 Å². The van der Waals surface area contributed by atoms with Crippen molar-refractivity contribution in [2.24, 2.45) is 0 Å². The maximum absolute atomic E-state index is 13.5. The second kappa shape index (κ2) is 8.14. The van der Waals surface area contributed by atoms with Crippen molar-refractivity contribution in [3.05, 3.63) is 54.0 Å². The quantitative estimate of drug-likeness (QED) is 0.799. The van der Waals surface area contributed by atoms with Crippen LogP contribution in [0.2, 0.25) is 0 Å². The Labute approximate surface area is 166 Å².